The first-order chi connectivity index (χ1) is 10.9. The Hall–Kier alpha value is -0.500. The number of rotatable bonds is 5. The molecule has 2 atom stereocenters. The van der Waals surface area contributed by atoms with Crippen LogP contribution in [0.15, 0.2) is 0 Å². The Morgan fingerprint density at radius 1 is 1.21 bits per heavy atom. The van der Waals surface area contributed by atoms with E-state index in [9.17, 15) is 4.79 Å². The van der Waals surface area contributed by atoms with Crippen LogP contribution in [0.4, 0.5) is 0 Å². The van der Waals surface area contributed by atoms with Crippen LogP contribution in [0, 0.1) is 5.41 Å². The topological polar surface area (TPSA) is 98.9 Å². The molecule has 0 heterocycles. The molecule has 0 aromatic rings. The maximum absolute atomic E-state index is 11.5. The first-order valence-corrected chi connectivity index (χ1v) is 9.98. The average Bonchev–Trinajstić information content (AvgIpc) is 2.44. The highest BCUT2D eigenvalue weighted by Gasteiger charge is 2.24. The molecule has 6 nitrogen and oxygen atoms in total. The van der Waals surface area contributed by atoms with E-state index in [4.69, 9.17) is 24.0 Å². The number of hydrogen-bond donors (Lipinski definition) is 2. The normalized spacial score (nSPS) is 12.4. The maximum Gasteiger partial charge on any atom is 0.311 e. The van der Waals surface area contributed by atoms with Gasteiger partial charge in [0.2, 0.25) is 0 Å². The number of esters is 1. The van der Waals surface area contributed by atoms with E-state index in [1.165, 1.54) is 12.7 Å². The smallest absolute Gasteiger partial charge is 0.311 e. The maximum atomic E-state index is 11.5. The van der Waals surface area contributed by atoms with Gasteiger partial charge in [-0.3, -0.25) is 4.79 Å². The molecule has 0 amide bonds. The lowest BCUT2D eigenvalue weighted by atomic mass is 9.97. The van der Waals surface area contributed by atoms with Crippen LogP contribution in [0.1, 0.15) is 68.7 Å². The first-order valence-electron chi connectivity index (χ1n) is 8.47. The molecule has 0 saturated carbocycles. The van der Waals surface area contributed by atoms with Crippen LogP contribution >= 0.6 is 0 Å². The van der Waals surface area contributed by atoms with Crippen molar-refractivity contribution in [3.8, 4) is 0 Å². The Bertz CT molecular complexity index is 287. The second kappa shape index (κ2) is 20.5. The van der Waals surface area contributed by atoms with Gasteiger partial charge < -0.3 is 19.8 Å². The van der Waals surface area contributed by atoms with Gasteiger partial charge in [0.05, 0.1) is 11.5 Å². The van der Waals surface area contributed by atoms with Crippen molar-refractivity contribution in [3.05, 3.63) is 0 Å². The highest BCUT2D eigenvalue weighted by atomic mass is 32.2. The zero-order chi connectivity index (χ0) is 20.3. The van der Waals surface area contributed by atoms with Crippen molar-refractivity contribution in [1.29, 1.82) is 0 Å². The summed E-state index contributed by atoms with van der Waals surface area (Å²) in [5.74, 6) is -0.228. The lowest BCUT2D eigenvalue weighted by Crippen LogP contribution is -2.34. The van der Waals surface area contributed by atoms with E-state index in [-0.39, 0.29) is 24.8 Å². The molecule has 7 heteroatoms. The van der Waals surface area contributed by atoms with E-state index in [2.05, 4.69) is 13.8 Å². The number of carbonyl (C=O) groups excluding carboxylic acids is 1. The van der Waals surface area contributed by atoms with Crippen molar-refractivity contribution in [3.63, 3.8) is 0 Å². The highest BCUT2D eigenvalue weighted by Crippen LogP contribution is 2.15. The summed E-state index contributed by atoms with van der Waals surface area (Å²) < 4.78 is 27.2. The molecule has 0 aliphatic carbocycles. The molecule has 0 bridgehead atoms. The monoisotopic (exact) mass is 371 g/mol. The molecule has 0 radical (unpaired) electrons. The fourth-order valence-electron chi connectivity index (χ4n) is 0.933. The first kappa shape index (κ1) is 31.3. The molecule has 0 aromatic carbocycles. The lowest BCUT2D eigenvalue weighted by Gasteiger charge is -2.21. The molecule has 0 aliphatic rings. The van der Waals surface area contributed by atoms with Gasteiger partial charge in [0.1, 0.15) is 23.8 Å². The van der Waals surface area contributed by atoms with Gasteiger partial charge in [-0.2, -0.15) is 0 Å². The number of carbonyl (C=O) groups is 1. The standard InChI is InChI=1S/C11H23NO3.C3H8.C2H6.CH4O2S/c1-8(2)15-9(6-12)7-14-10(13)11(3,4)5;1-3-2;1-2;1-4(2)3/h8-9H,6-7,12H2,1-5H3;3H2,1-2H3;1-2H3;1H3,(H,2,3)/t9-;;;/m0.../s1. The van der Waals surface area contributed by atoms with Gasteiger partial charge in [-0.25, -0.2) is 4.21 Å². The fraction of sp³-hybridized carbons (Fsp3) is 0.941. The minimum atomic E-state index is -1.61. The summed E-state index contributed by atoms with van der Waals surface area (Å²) in [5, 5.41) is 0. The third kappa shape index (κ3) is 33.2. The van der Waals surface area contributed by atoms with Crippen LogP contribution in [-0.4, -0.2) is 46.3 Å². The quantitative estimate of drug-likeness (QED) is 0.566. The van der Waals surface area contributed by atoms with E-state index in [1.54, 1.807) is 0 Å². The molecular weight excluding hydrogens is 330 g/mol. The fourth-order valence-corrected chi connectivity index (χ4v) is 0.933. The Morgan fingerprint density at radius 2 is 1.54 bits per heavy atom. The third-order valence-corrected chi connectivity index (χ3v) is 1.74. The van der Waals surface area contributed by atoms with E-state index >= 15 is 0 Å². The van der Waals surface area contributed by atoms with Gasteiger partial charge in [0.15, 0.2) is 0 Å². The van der Waals surface area contributed by atoms with Gasteiger partial charge in [-0.15, -0.1) is 0 Å². The van der Waals surface area contributed by atoms with Gasteiger partial charge in [-0.05, 0) is 34.6 Å². The third-order valence-electron chi connectivity index (χ3n) is 1.74. The minimum absolute atomic E-state index is 0.0897. The van der Waals surface area contributed by atoms with Gasteiger partial charge >= 0.3 is 5.97 Å². The average molecular weight is 372 g/mol. The van der Waals surface area contributed by atoms with Crippen LogP contribution in [0.2, 0.25) is 0 Å². The predicted molar refractivity (Wildman–Crippen MR) is 103 cm³/mol. The van der Waals surface area contributed by atoms with Crippen LogP contribution < -0.4 is 5.73 Å². The van der Waals surface area contributed by atoms with Crippen molar-refractivity contribution in [2.75, 3.05) is 19.4 Å². The summed E-state index contributed by atoms with van der Waals surface area (Å²) in [6, 6.07) is 0. The molecule has 1 unspecified atom stereocenters. The Kier molecular flexibility index (Phi) is 26.8. The van der Waals surface area contributed by atoms with E-state index in [0.29, 0.717) is 6.54 Å². The highest BCUT2D eigenvalue weighted by molar-refractivity contribution is 7.78. The zero-order valence-corrected chi connectivity index (χ0v) is 18.2. The van der Waals surface area contributed by atoms with Crippen molar-refractivity contribution in [2.24, 2.45) is 11.1 Å². The van der Waals surface area contributed by atoms with Gasteiger partial charge in [-0.1, -0.05) is 34.1 Å². The molecule has 3 N–H and O–H groups in total. The van der Waals surface area contributed by atoms with Crippen molar-refractivity contribution in [1.82, 2.24) is 0 Å². The second-order valence-electron chi connectivity index (χ2n) is 6.02. The predicted octanol–water partition coefficient (Wildman–Crippen LogP) is 3.61. The second-order valence-corrected chi connectivity index (χ2v) is 6.87. The molecular formula is C17H41NO5S. The minimum Gasteiger partial charge on any atom is -0.462 e. The summed E-state index contributed by atoms with van der Waals surface area (Å²) in [5.41, 5.74) is 5.02. The number of nitrogens with two attached hydrogens (primary N) is 1. The Morgan fingerprint density at radius 3 is 1.75 bits per heavy atom. The SMILES string of the molecule is CC.CC(C)O[C@@H](CN)COC(=O)C(C)(C)C.CCC.CS(=O)O. The van der Waals surface area contributed by atoms with Gasteiger partial charge in [0, 0.05) is 12.8 Å². The van der Waals surface area contributed by atoms with E-state index in [1.807, 2.05) is 48.5 Å². The van der Waals surface area contributed by atoms with Crippen molar-refractivity contribution in [2.45, 2.75) is 80.9 Å². The molecule has 0 saturated heterocycles. The molecule has 150 valence electrons. The van der Waals surface area contributed by atoms with Crippen molar-refractivity contribution < 1.29 is 23.0 Å². The summed E-state index contributed by atoms with van der Waals surface area (Å²) >= 11 is -1.61. The summed E-state index contributed by atoms with van der Waals surface area (Å²) in [4.78, 5) is 11.5. The molecule has 0 fully saturated rings. The Labute approximate surface area is 152 Å². The number of ether oxygens (including phenoxy) is 2. The van der Waals surface area contributed by atoms with Crippen molar-refractivity contribution >= 4 is 17.0 Å². The molecule has 0 rings (SSSR count). The molecule has 0 spiro atoms. The molecule has 24 heavy (non-hydrogen) atoms. The molecule has 0 aliphatic heterocycles. The van der Waals surface area contributed by atoms with E-state index < -0.39 is 16.5 Å². The summed E-state index contributed by atoms with van der Waals surface area (Å²) in [7, 11) is 0. The lowest BCUT2D eigenvalue weighted by molar-refractivity contribution is -0.158. The van der Waals surface area contributed by atoms with Crippen LogP contribution in [-0.2, 0) is 25.3 Å². The number of hydrogen-bond acceptors (Lipinski definition) is 5. The van der Waals surface area contributed by atoms with Gasteiger partial charge in [0.25, 0.3) is 0 Å². The van der Waals surface area contributed by atoms with Crippen LogP contribution in [0.25, 0.3) is 0 Å². The Balaban J connectivity index is -0.000000185. The summed E-state index contributed by atoms with van der Waals surface area (Å²) in [6.45, 7) is 18.1. The summed E-state index contributed by atoms with van der Waals surface area (Å²) in [6.07, 6.45) is 2.32. The molecule has 0 aromatic heterocycles. The van der Waals surface area contributed by atoms with Crippen LogP contribution in [0.3, 0.4) is 0 Å². The van der Waals surface area contributed by atoms with E-state index in [0.717, 1.165) is 0 Å². The van der Waals surface area contributed by atoms with Crippen LogP contribution in [0.5, 0.6) is 0 Å². The largest absolute Gasteiger partial charge is 0.462 e. The zero-order valence-electron chi connectivity index (χ0n) is 17.3.